The Hall–Kier alpha value is -1.41. The van der Waals surface area contributed by atoms with Crippen LogP contribution in [0.2, 0.25) is 0 Å². The van der Waals surface area contributed by atoms with E-state index in [-0.39, 0.29) is 0 Å². The summed E-state index contributed by atoms with van der Waals surface area (Å²) < 4.78 is 37.0. The van der Waals surface area contributed by atoms with Crippen LogP contribution in [0.3, 0.4) is 0 Å². The summed E-state index contributed by atoms with van der Waals surface area (Å²) in [5, 5.41) is 1.18. The van der Waals surface area contributed by atoms with Crippen LogP contribution in [0.4, 0.5) is 0 Å². The number of fused-ring (bicyclic) bond motifs is 1. The molecule has 25 heavy (non-hydrogen) atoms. The molecule has 0 spiro atoms. The third-order valence-corrected chi connectivity index (χ3v) is 6.20. The summed E-state index contributed by atoms with van der Waals surface area (Å²) >= 11 is 0. The first kappa shape index (κ1) is 18.4. The molecule has 0 amide bonds. The molecule has 0 atom stereocenters. The zero-order valence-electron chi connectivity index (χ0n) is 15.4. The van der Waals surface area contributed by atoms with Crippen molar-refractivity contribution in [3.8, 4) is 0 Å². The van der Waals surface area contributed by atoms with Crippen LogP contribution in [0.15, 0.2) is 24.4 Å². The molecule has 7 heteroatoms. The standard InChI is InChI=1S/C18H27N3O3S/c1-14-5-6-16-15(12-20(4)17(16)11-14)7-8-19-25(22,23)21-9-10-24-18(2,3)13-21/h5-6,11-12,19H,7-10,13H2,1-4H3. The van der Waals surface area contributed by atoms with Crippen LogP contribution in [0.25, 0.3) is 10.9 Å². The number of hydrogen-bond donors (Lipinski definition) is 1. The maximum absolute atomic E-state index is 12.5. The third-order valence-electron chi connectivity index (χ3n) is 4.64. The number of rotatable bonds is 5. The fraction of sp³-hybridized carbons (Fsp3) is 0.556. The van der Waals surface area contributed by atoms with E-state index in [2.05, 4.69) is 40.6 Å². The van der Waals surface area contributed by atoms with Crippen molar-refractivity contribution in [3.63, 3.8) is 0 Å². The van der Waals surface area contributed by atoms with Crippen molar-refractivity contribution in [2.75, 3.05) is 26.2 Å². The summed E-state index contributed by atoms with van der Waals surface area (Å²) in [5.74, 6) is 0. The molecule has 1 aromatic carbocycles. The van der Waals surface area contributed by atoms with Gasteiger partial charge in [-0.1, -0.05) is 12.1 Å². The topological polar surface area (TPSA) is 63.6 Å². The van der Waals surface area contributed by atoms with Gasteiger partial charge in [0.25, 0.3) is 10.2 Å². The Balaban J connectivity index is 1.66. The molecule has 0 saturated carbocycles. The molecule has 1 aliphatic heterocycles. The molecule has 0 unspecified atom stereocenters. The number of benzene rings is 1. The lowest BCUT2D eigenvalue weighted by atomic mass is 10.1. The van der Waals surface area contributed by atoms with E-state index in [4.69, 9.17) is 4.74 Å². The Labute approximate surface area is 149 Å². The predicted octanol–water partition coefficient (Wildman–Crippen LogP) is 1.97. The lowest BCUT2D eigenvalue weighted by molar-refractivity contribution is -0.0643. The van der Waals surface area contributed by atoms with Gasteiger partial charge in [-0.2, -0.15) is 12.7 Å². The molecule has 0 aliphatic carbocycles. The molecule has 1 aromatic heterocycles. The molecule has 2 heterocycles. The van der Waals surface area contributed by atoms with Crippen molar-refractivity contribution in [2.24, 2.45) is 7.05 Å². The van der Waals surface area contributed by atoms with Gasteiger partial charge in [0.2, 0.25) is 0 Å². The molecule has 1 fully saturated rings. The monoisotopic (exact) mass is 365 g/mol. The number of morpholine rings is 1. The van der Waals surface area contributed by atoms with E-state index in [1.807, 2.05) is 20.9 Å². The second kappa shape index (κ2) is 6.72. The van der Waals surface area contributed by atoms with Crippen LogP contribution in [0.5, 0.6) is 0 Å². The first-order valence-electron chi connectivity index (χ1n) is 8.61. The fourth-order valence-corrected chi connectivity index (χ4v) is 4.70. The molecule has 138 valence electrons. The number of hydrogen-bond acceptors (Lipinski definition) is 3. The third kappa shape index (κ3) is 4.06. The van der Waals surface area contributed by atoms with Crippen LogP contribution < -0.4 is 4.72 Å². The first-order chi connectivity index (χ1) is 11.7. The van der Waals surface area contributed by atoms with Gasteiger partial charge >= 0.3 is 0 Å². The highest BCUT2D eigenvalue weighted by atomic mass is 32.2. The van der Waals surface area contributed by atoms with Gasteiger partial charge in [0.1, 0.15) is 0 Å². The van der Waals surface area contributed by atoms with Gasteiger partial charge in [-0.15, -0.1) is 0 Å². The van der Waals surface area contributed by atoms with Crippen molar-refractivity contribution in [2.45, 2.75) is 32.8 Å². The van der Waals surface area contributed by atoms with E-state index in [0.29, 0.717) is 32.7 Å². The van der Waals surface area contributed by atoms with E-state index in [0.717, 1.165) is 5.56 Å². The fourth-order valence-electron chi connectivity index (χ4n) is 3.36. The quantitative estimate of drug-likeness (QED) is 0.881. The van der Waals surface area contributed by atoms with Crippen LogP contribution in [0.1, 0.15) is 25.0 Å². The summed E-state index contributed by atoms with van der Waals surface area (Å²) in [6.07, 6.45) is 2.74. The largest absolute Gasteiger partial charge is 0.373 e. The molecule has 1 aliphatic rings. The Morgan fingerprint density at radius 2 is 2.08 bits per heavy atom. The average Bonchev–Trinajstić information content (AvgIpc) is 2.82. The van der Waals surface area contributed by atoms with E-state index < -0.39 is 15.8 Å². The molecule has 1 saturated heterocycles. The van der Waals surface area contributed by atoms with E-state index in [1.165, 1.54) is 20.8 Å². The van der Waals surface area contributed by atoms with Gasteiger partial charge < -0.3 is 9.30 Å². The first-order valence-corrected chi connectivity index (χ1v) is 10.1. The van der Waals surface area contributed by atoms with E-state index >= 15 is 0 Å². The van der Waals surface area contributed by atoms with Crippen LogP contribution >= 0.6 is 0 Å². The van der Waals surface area contributed by atoms with Gasteiger partial charge in [-0.05, 0) is 44.4 Å². The zero-order chi connectivity index (χ0) is 18.2. The summed E-state index contributed by atoms with van der Waals surface area (Å²) in [6, 6.07) is 6.35. The van der Waals surface area contributed by atoms with Gasteiger partial charge in [0.15, 0.2) is 0 Å². The minimum atomic E-state index is -3.48. The summed E-state index contributed by atoms with van der Waals surface area (Å²) in [6.45, 7) is 7.47. The lowest BCUT2D eigenvalue weighted by Crippen LogP contribution is -2.53. The van der Waals surface area contributed by atoms with E-state index in [1.54, 1.807) is 0 Å². The van der Waals surface area contributed by atoms with Crippen molar-refractivity contribution >= 4 is 21.1 Å². The predicted molar refractivity (Wildman–Crippen MR) is 99.9 cm³/mol. The molecule has 3 rings (SSSR count). The SMILES string of the molecule is Cc1ccc2c(CCNS(=O)(=O)N3CCOC(C)(C)C3)cn(C)c2c1. The Kier molecular flexibility index (Phi) is 4.94. The molecular formula is C18H27N3O3S. The minimum absolute atomic E-state index is 0.371. The number of nitrogens with zero attached hydrogens (tertiary/aromatic N) is 2. The minimum Gasteiger partial charge on any atom is -0.373 e. The highest BCUT2D eigenvalue weighted by Gasteiger charge is 2.33. The Morgan fingerprint density at radius 1 is 1.32 bits per heavy atom. The summed E-state index contributed by atoms with van der Waals surface area (Å²) in [5.41, 5.74) is 3.10. The normalized spacial score (nSPS) is 18.7. The molecule has 2 aromatic rings. The molecule has 6 nitrogen and oxygen atoms in total. The summed E-state index contributed by atoms with van der Waals surface area (Å²) in [7, 11) is -1.46. The van der Waals surface area contributed by atoms with Crippen molar-refractivity contribution in [1.29, 1.82) is 0 Å². The summed E-state index contributed by atoms with van der Waals surface area (Å²) in [4.78, 5) is 0. The molecule has 0 radical (unpaired) electrons. The smallest absolute Gasteiger partial charge is 0.279 e. The van der Waals surface area contributed by atoms with Crippen molar-refractivity contribution in [1.82, 2.24) is 13.6 Å². The zero-order valence-corrected chi connectivity index (χ0v) is 16.2. The van der Waals surface area contributed by atoms with Gasteiger partial charge in [-0.25, -0.2) is 4.72 Å². The number of aromatic nitrogens is 1. The van der Waals surface area contributed by atoms with Gasteiger partial charge in [0, 0.05) is 43.8 Å². The number of aryl methyl sites for hydroxylation is 2. The highest BCUT2D eigenvalue weighted by molar-refractivity contribution is 7.87. The number of nitrogens with one attached hydrogen (secondary N) is 1. The number of ether oxygens (including phenoxy) is 1. The molecular weight excluding hydrogens is 338 g/mol. The van der Waals surface area contributed by atoms with Crippen LogP contribution in [-0.2, 0) is 28.4 Å². The molecule has 1 N–H and O–H groups in total. The Bertz CT molecular complexity index is 871. The van der Waals surface area contributed by atoms with E-state index in [9.17, 15) is 8.42 Å². The average molecular weight is 365 g/mol. The van der Waals surface area contributed by atoms with Crippen molar-refractivity contribution < 1.29 is 13.2 Å². The second-order valence-electron chi connectivity index (χ2n) is 7.38. The van der Waals surface area contributed by atoms with Crippen LogP contribution in [0, 0.1) is 6.92 Å². The Morgan fingerprint density at radius 3 is 2.80 bits per heavy atom. The lowest BCUT2D eigenvalue weighted by Gasteiger charge is -2.37. The van der Waals surface area contributed by atoms with Crippen LogP contribution in [-0.4, -0.2) is 49.1 Å². The maximum atomic E-state index is 12.5. The van der Waals surface area contributed by atoms with Crippen molar-refractivity contribution in [3.05, 3.63) is 35.5 Å². The highest BCUT2D eigenvalue weighted by Crippen LogP contribution is 2.22. The van der Waals surface area contributed by atoms with Gasteiger partial charge in [-0.3, -0.25) is 0 Å². The maximum Gasteiger partial charge on any atom is 0.279 e. The molecule has 0 bridgehead atoms. The van der Waals surface area contributed by atoms with Gasteiger partial charge in [0.05, 0.1) is 12.2 Å². The second-order valence-corrected chi connectivity index (χ2v) is 9.13.